The van der Waals surface area contributed by atoms with Crippen LogP contribution in [-0.2, 0) is 19.6 Å². The number of likely N-dealkylation sites (N-methyl/N-ethyl adjacent to an activating group) is 1. The molecule has 1 amide bonds. The molecule has 3 rings (SSSR count). The first kappa shape index (κ1) is 22.5. The van der Waals surface area contributed by atoms with E-state index in [1.807, 2.05) is 0 Å². The second-order valence-corrected chi connectivity index (χ2v) is 10.2. The maximum Gasteiger partial charge on any atom is 0.348 e. The molecule has 0 radical (unpaired) electrons. The van der Waals surface area contributed by atoms with E-state index in [1.54, 1.807) is 24.3 Å². The van der Waals surface area contributed by atoms with E-state index in [0.717, 1.165) is 14.4 Å². The van der Waals surface area contributed by atoms with Gasteiger partial charge in [-0.1, -0.05) is 23.2 Å². The monoisotopic (exact) mass is 486 g/mol. The number of amides is 1. The molecule has 0 saturated heterocycles. The highest BCUT2D eigenvalue weighted by Crippen LogP contribution is 2.29. The minimum atomic E-state index is -4.02. The molecular weight excluding hydrogens is 471 g/mol. The Morgan fingerprint density at radius 2 is 1.87 bits per heavy atom. The summed E-state index contributed by atoms with van der Waals surface area (Å²) in [6.07, 6.45) is 0. The molecule has 3 aromatic rings. The van der Waals surface area contributed by atoms with Crippen molar-refractivity contribution in [2.75, 3.05) is 26.0 Å². The smallest absolute Gasteiger partial charge is 0.348 e. The average molecular weight is 487 g/mol. The van der Waals surface area contributed by atoms with E-state index in [9.17, 15) is 18.0 Å². The number of nitrogens with one attached hydrogen (secondary N) is 1. The number of methoxy groups -OCH3 is 1. The second-order valence-electron chi connectivity index (χ2n) is 6.24. The highest BCUT2D eigenvalue weighted by atomic mass is 35.5. The molecule has 1 aromatic heterocycles. The molecule has 0 atom stereocenters. The van der Waals surface area contributed by atoms with Crippen LogP contribution >= 0.6 is 34.5 Å². The van der Waals surface area contributed by atoms with Crippen molar-refractivity contribution in [1.82, 2.24) is 4.31 Å². The molecule has 2 aromatic carbocycles. The van der Waals surface area contributed by atoms with E-state index >= 15 is 0 Å². The number of sulfonamides is 1. The van der Waals surface area contributed by atoms with Crippen LogP contribution in [0.25, 0.3) is 10.1 Å². The number of carbonyl (C=O) groups excluding carboxylic acids is 2. The van der Waals surface area contributed by atoms with Crippen molar-refractivity contribution in [3.8, 4) is 0 Å². The van der Waals surface area contributed by atoms with E-state index in [4.69, 9.17) is 27.9 Å². The van der Waals surface area contributed by atoms with E-state index in [-0.39, 0.29) is 14.9 Å². The van der Waals surface area contributed by atoms with Gasteiger partial charge in [0.25, 0.3) is 0 Å². The summed E-state index contributed by atoms with van der Waals surface area (Å²) in [5.41, 5.74) is 0.466. The van der Waals surface area contributed by atoms with Crippen molar-refractivity contribution in [2.45, 2.75) is 4.90 Å². The second kappa shape index (κ2) is 8.91. The fraction of sp³-hybridized carbons (Fsp3) is 0.158. The minimum absolute atomic E-state index is 0.0102. The van der Waals surface area contributed by atoms with E-state index < -0.39 is 28.4 Å². The summed E-state index contributed by atoms with van der Waals surface area (Å²) in [5, 5.41) is 3.63. The number of esters is 1. The predicted octanol–water partition coefficient (Wildman–Crippen LogP) is 4.25. The van der Waals surface area contributed by atoms with Crippen LogP contribution in [0.4, 0.5) is 5.69 Å². The summed E-state index contributed by atoms with van der Waals surface area (Å²) in [7, 11) is -1.44. The van der Waals surface area contributed by atoms with Gasteiger partial charge in [0.05, 0.1) is 18.7 Å². The Labute approximate surface area is 187 Å². The minimum Gasteiger partial charge on any atom is -0.465 e. The third-order valence-corrected chi connectivity index (χ3v) is 7.75. The molecule has 0 spiro atoms. The summed E-state index contributed by atoms with van der Waals surface area (Å²) in [6.45, 7) is -0.430. The zero-order valence-electron chi connectivity index (χ0n) is 15.8. The lowest BCUT2D eigenvalue weighted by molar-refractivity contribution is -0.116. The maximum atomic E-state index is 12.7. The van der Waals surface area contributed by atoms with Crippen LogP contribution < -0.4 is 5.32 Å². The van der Waals surface area contributed by atoms with Crippen LogP contribution in [-0.4, -0.2) is 45.3 Å². The summed E-state index contributed by atoms with van der Waals surface area (Å²) in [6, 6.07) is 10.9. The molecule has 30 heavy (non-hydrogen) atoms. The number of benzene rings is 2. The highest BCUT2D eigenvalue weighted by Gasteiger charge is 2.26. The van der Waals surface area contributed by atoms with Crippen molar-refractivity contribution in [3.05, 3.63) is 57.4 Å². The molecule has 1 heterocycles. The van der Waals surface area contributed by atoms with Gasteiger partial charge in [0.1, 0.15) is 9.77 Å². The summed E-state index contributed by atoms with van der Waals surface area (Å²) >= 11 is 13.1. The van der Waals surface area contributed by atoms with Gasteiger partial charge in [0.2, 0.25) is 15.9 Å². The maximum absolute atomic E-state index is 12.7. The fourth-order valence-electron chi connectivity index (χ4n) is 2.65. The summed E-state index contributed by atoms with van der Waals surface area (Å²) in [4.78, 5) is 24.3. The van der Waals surface area contributed by atoms with Gasteiger partial charge in [-0.15, -0.1) is 11.3 Å². The number of fused-ring (bicyclic) bond motifs is 1. The number of thiophene rings is 1. The zero-order chi connectivity index (χ0) is 22.1. The molecule has 7 nitrogen and oxygen atoms in total. The molecule has 0 saturated carbocycles. The lowest BCUT2D eigenvalue weighted by Crippen LogP contribution is -2.35. The Bertz CT molecular complexity index is 1240. The van der Waals surface area contributed by atoms with Crippen LogP contribution in [0.2, 0.25) is 10.0 Å². The Morgan fingerprint density at radius 1 is 1.13 bits per heavy atom. The number of anilines is 1. The van der Waals surface area contributed by atoms with Crippen molar-refractivity contribution >= 4 is 72.2 Å². The van der Waals surface area contributed by atoms with E-state index in [1.165, 1.54) is 43.7 Å². The average Bonchev–Trinajstić information content (AvgIpc) is 3.12. The van der Waals surface area contributed by atoms with Crippen molar-refractivity contribution in [3.63, 3.8) is 0 Å². The molecule has 0 unspecified atom stereocenters. The third-order valence-electron chi connectivity index (χ3n) is 4.13. The molecular formula is C19H16Cl2N2O5S2. The molecule has 0 aliphatic rings. The van der Waals surface area contributed by atoms with Gasteiger partial charge in [-0.3, -0.25) is 4.79 Å². The first-order chi connectivity index (χ1) is 14.1. The van der Waals surface area contributed by atoms with Gasteiger partial charge < -0.3 is 10.1 Å². The highest BCUT2D eigenvalue weighted by molar-refractivity contribution is 7.89. The first-order valence-electron chi connectivity index (χ1n) is 8.45. The topological polar surface area (TPSA) is 92.8 Å². The molecule has 0 aliphatic carbocycles. The number of hydrogen-bond donors (Lipinski definition) is 1. The molecule has 0 fully saturated rings. The van der Waals surface area contributed by atoms with Crippen molar-refractivity contribution in [1.29, 1.82) is 0 Å². The standard InChI is InChI=1S/C19H16Cl2N2O5S2/c1-23(30(26,27)17-9-12(20)3-5-14(17)21)10-18(24)22-13-4-6-15-11(7-13)8-16(29-15)19(25)28-2/h3-9H,10H2,1-2H3,(H,22,24). The molecule has 0 aliphatic heterocycles. The quantitative estimate of drug-likeness (QED) is 0.525. The van der Waals surface area contributed by atoms with Crippen LogP contribution in [0.5, 0.6) is 0 Å². The van der Waals surface area contributed by atoms with E-state index in [0.29, 0.717) is 10.6 Å². The third kappa shape index (κ3) is 4.76. The van der Waals surface area contributed by atoms with Crippen LogP contribution in [0.3, 0.4) is 0 Å². The van der Waals surface area contributed by atoms with E-state index in [2.05, 4.69) is 5.32 Å². The van der Waals surface area contributed by atoms with Gasteiger partial charge in [-0.05, 0) is 47.9 Å². The zero-order valence-corrected chi connectivity index (χ0v) is 19.0. The normalized spacial score (nSPS) is 11.6. The fourth-order valence-corrected chi connectivity index (χ4v) is 5.47. The Morgan fingerprint density at radius 3 is 2.57 bits per heavy atom. The van der Waals surface area contributed by atoms with Crippen LogP contribution in [0.1, 0.15) is 9.67 Å². The van der Waals surface area contributed by atoms with Gasteiger partial charge in [-0.2, -0.15) is 4.31 Å². The van der Waals surface area contributed by atoms with Gasteiger partial charge >= 0.3 is 5.97 Å². The van der Waals surface area contributed by atoms with Crippen LogP contribution in [0, 0.1) is 0 Å². The molecule has 1 N–H and O–H groups in total. The predicted molar refractivity (Wildman–Crippen MR) is 118 cm³/mol. The number of carbonyl (C=O) groups is 2. The number of halogens is 2. The molecule has 0 bridgehead atoms. The van der Waals surface area contributed by atoms with Gasteiger partial charge in [-0.25, -0.2) is 13.2 Å². The molecule has 11 heteroatoms. The Balaban J connectivity index is 1.74. The Kier molecular flexibility index (Phi) is 6.68. The summed E-state index contributed by atoms with van der Waals surface area (Å²) < 4.78 is 31.9. The largest absolute Gasteiger partial charge is 0.465 e. The van der Waals surface area contributed by atoms with Crippen LogP contribution in [0.15, 0.2) is 47.4 Å². The van der Waals surface area contributed by atoms with Gasteiger partial charge in [0.15, 0.2) is 0 Å². The summed E-state index contributed by atoms with van der Waals surface area (Å²) in [5.74, 6) is -0.977. The first-order valence-corrected chi connectivity index (χ1v) is 11.5. The van der Waals surface area contributed by atoms with Crippen molar-refractivity contribution < 1.29 is 22.7 Å². The number of ether oxygens (including phenoxy) is 1. The Hall–Kier alpha value is -2.17. The lowest BCUT2D eigenvalue weighted by Gasteiger charge is -2.18. The van der Waals surface area contributed by atoms with Gasteiger partial charge in [0, 0.05) is 22.5 Å². The lowest BCUT2D eigenvalue weighted by atomic mass is 10.2. The number of rotatable bonds is 6. The number of nitrogens with zero attached hydrogens (tertiary/aromatic N) is 1. The van der Waals surface area contributed by atoms with Crippen molar-refractivity contribution in [2.24, 2.45) is 0 Å². The SMILES string of the molecule is COC(=O)c1cc2cc(NC(=O)CN(C)S(=O)(=O)c3cc(Cl)ccc3Cl)ccc2s1. The molecule has 158 valence electrons. The number of hydrogen-bond acceptors (Lipinski definition) is 6.